The largest absolute Gasteiger partial charge is 0.483 e. The standard InChI is InChI=1S/C13H17F2NO/c1-3-7-16-8-10(2)9-17-13-11(14)5-4-6-12(13)15/h4-6,16H,2-3,7-9H2,1H3. The van der Waals surface area contributed by atoms with E-state index in [-0.39, 0.29) is 12.4 Å². The lowest BCUT2D eigenvalue weighted by Crippen LogP contribution is -2.20. The Bertz CT molecular complexity index is 359. The van der Waals surface area contributed by atoms with E-state index in [9.17, 15) is 8.78 Å². The molecule has 0 aliphatic heterocycles. The zero-order valence-corrected chi connectivity index (χ0v) is 9.93. The third-order valence-electron chi connectivity index (χ3n) is 2.14. The van der Waals surface area contributed by atoms with Gasteiger partial charge in [0.15, 0.2) is 17.4 Å². The highest BCUT2D eigenvalue weighted by atomic mass is 19.1. The van der Waals surface area contributed by atoms with E-state index in [1.807, 2.05) is 0 Å². The van der Waals surface area contributed by atoms with Gasteiger partial charge >= 0.3 is 0 Å². The summed E-state index contributed by atoms with van der Waals surface area (Å²) in [6.07, 6.45) is 1.02. The maximum absolute atomic E-state index is 13.2. The van der Waals surface area contributed by atoms with Gasteiger partial charge in [-0.25, -0.2) is 8.78 Å². The normalized spacial score (nSPS) is 10.3. The Morgan fingerprint density at radius 1 is 1.35 bits per heavy atom. The van der Waals surface area contributed by atoms with Crippen LogP contribution in [0.25, 0.3) is 0 Å². The minimum atomic E-state index is -0.695. The molecule has 1 aromatic rings. The Balaban J connectivity index is 2.42. The fraction of sp³-hybridized carbons (Fsp3) is 0.385. The van der Waals surface area contributed by atoms with Gasteiger partial charge in [0.1, 0.15) is 6.61 Å². The molecule has 0 saturated heterocycles. The van der Waals surface area contributed by atoms with Crippen LogP contribution in [0.15, 0.2) is 30.4 Å². The third kappa shape index (κ3) is 4.53. The summed E-state index contributed by atoms with van der Waals surface area (Å²) in [5.41, 5.74) is 0.751. The van der Waals surface area contributed by atoms with E-state index in [2.05, 4.69) is 18.8 Å². The van der Waals surface area contributed by atoms with Crippen LogP contribution in [0, 0.1) is 11.6 Å². The van der Waals surface area contributed by atoms with Crippen molar-refractivity contribution in [1.82, 2.24) is 5.32 Å². The quantitative estimate of drug-likeness (QED) is 0.585. The smallest absolute Gasteiger partial charge is 0.191 e. The summed E-state index contributed by atoms with van der Waals surface area (Å²) in [6.45, 7) is 7.40. The van der Waals surface area contributed by atoms with Crippen molar-refractivity contribution in [2.45, 2.75) is 13.3 Å². The Morgan fingerprint density at radius 3 is 2.59 bits per heavy atom. The minimum Gasteiger partial charge on any atom is -0.483 e. The number of benzene rings is 1. The van der Waals surface area contributed by atoms with E-state index in [0.717, 1.165) is 30.7 Å². The Kier molecular flexibility index (Phi) is 5.63. The molecule has 94 valence electrons. The SMILES string of the molecule is C=C(CNCCC)COc1c(F)cccc1F. The van der Waals surface area contributed by atoms with Crippen molar-refractivity contribution in [3.05, 3.63) is 42.0 Å². The Labute approximate surface area is 100 Å². The molecule has 4 heteroatoms. The van der Waals surface area contributed by atoms with Crippen molar-refractivity contribution in [2.24, 2.45) is 0 Å². The Morgan fingerprint density at radius 2 is 2.00 bits per heavy atom. The zero-order chi connectivity index (χ0) is 12.7. The number of halogens is 2. The fourth-order valence-electron chi connectivity index (χ4n) is 1.29. The molecule has 0 bridgehead atoms. The first-order valence-corrected chi connectivity index (χ1v) is 5.59. The van der Waals surface area contributed by atoms with Crippen molar-refractivity contribution in [1.29, 1.82) is 0 Å². The predicted octanol–water partition coefficient (Wildman–Crippen LogP) is 2.90. The topological polar surface area (TPSA) is 21.3 Å². The van der Waals surface area contributed by atoms with Gasteiger partial charge in [-0.2, -0.15) is 0 Å². The zero-order valence-electron chi connectivity index (χ0n) is 9.93. The molecule has 0 saturated carbocycles. The molecular weight excluding hydrogens is 224 g/mol. The number of nitrogens with one attached hydrogen (secondary N) is 1. The number of hydrogen-bond acceptors (Lipinski definition) is 2. The lowest BCUT2D eigenvalue weighted by atomic mass is 10.3. The van der Waals surface area contributed by atoms with Gasteiger partial charge in [0.25, 0.3) is 0 Å². The van der Waals surface area contributed by atoms with Crippen molar-refractivity contribution in [3.8, 4) is 5.75 Å². The van der Waals surface area contributed by atoms with Gasteiger partial charge in [-0.15, -0.1) is 0 Å². The van der Waals surface area contributed by atoms with Crippen LogP contribution in [0.4, 0.5) is 8.78 Å². The van der Waals surface area contributed by atoms with E-state index in [4.69, 9.17) is 4.74 Å². The molecule has 0 aliphatic rings. The average Bonchev–Trinajstić information content (AvgIpc) is 2.29. The van der Waals surface area contributed by atoms with Gasteiger partial charge in [0.2, 0.25) is 0 Å². The molecule has 0 radical (unpaired) electrons. The molecule has 0 heterocycles. The molecule has 17 heavy (non-hydrogen) atoms. The number of rotatable bonds is 7. The first-order chi connectivity index (χ1) is 8.15. The van der Waals surface area contributed by atoms with E-state index >= 15 is 0 Å². The first kappa shape index (κ1) is 13.6. The molecule has 0 fully saturated rings. The summed E-state index contributed by atoms with van der Waals surface area (Å²) < 4.78 is 31.5. The van der Waals surface area contributed by atoms with Gasteiger partial charge in [0.05, 0.1) is 0 Å². The van der Waals surface area contributed by atoms with Gasteiger partial charge in [0, 0.05) is 6.54 Å². The van der Waals surface area contributed by atoms with Crippen LogP contribution in [-0.2, 0) is 0 Å². The second kappa shape index (κ2) is 7.01. The second-order valence-corrected chi connectivity index (χ2v) is 3.77. The first-order valence-electron chi connectivity index (χ1n) is 5.59. The van der Waals surface area contributed by atoms with E-state index in [1.54, 1.807) is 0 Å². The molecule has 1 aromatic carbocycles. The van der Waals surface area contributed by atoms with Gasteiger partial charge in [-0.3, -0.25) is 0 Å². The van der Waals surface area contributed by atoms with Crippen LogP contribution in [0.1, 0.15) is 13.3 Å². The predicted molar refractivity (Wildman–Crippen MR) is 64.2 cm³/mol. The van der Waals surface area contributed by atoms with Crippen molar-refractivity contribution >= 4 is 0 Å². The highest BCUT2D eigenvalue weighted by molar-refractivity contribution is 5.26. The third-order valence-corrected chi connectivity index (χ3v) is 2.14. The van der Waals surface area contributed by atoms with E-state index < -0.39 is 11.6 Å². The van der Waals surface area contributed by atoms with Crippen LogP contribution < -0.4 is 10.1 Å². The van der Waals surface area contributed by atoms with Crippen LogP contribution in [0.2, 0.25) is 0 Å². The van der Waals surface area contributed by atoms with Gasteiger partial charge in [-0.1, -0.05) is 19.6 Å². The summed E-state index contributed by atoms with van der Waals surface area (Å²) in [5.74, 6) is -1.73. The fourth-order valence-corrected chi connectivity index (χ4v) is 1.29. The van der Waals surface area contributed by atoms with Gasteiger partial charge in [-0.05, 0) is 30.7 Å². The lowest BCUT2D eigenvalue weighted by molar-refractivity contribution is 0.310. The van der Waals surface area contributed by atoms with Gasteiger partial charge < -0.3 is 10.1 Å². The molecule has 2 nitrogen and oxygen atoms in total. The highest BCUT2D eigenvalue weighted by Crippen LogP contribution is 2.21. The summed E-state index contributed by atoms with van der Waals surface area (Å²) >= 11 is 0. The Hall–Kier alpha value is -1.42. The maximum Gasteiger partial charge on any atom is 0.191 e. The number of para-hydroxylation sites is 1. The maximum atomic E-state index is 13.2. The molecule has 1 rings (SSSR count). The minimum absolute atomic E-state index is 0.106. The average molecular weight is 241 g/mol. The number of hydrogen-bond donors (Lipinski definition) is 1. The molecule has 0 atom stereocenters. The van der Waals surface area contributed by atoms with Crippen molar-refractivity contribution < 1.29 is 13.5 Å². The molecule has 0 unspecified atom stereocenters. The van der Waals surface area contributed by atoms with Crippen molar-refractivity contribution in [2.75, 3.05) is 19.7 Å². The van der Waals surface area contributed by atoms with Crippen LogP contribution in [0.5, 0.6) is 5.75 Å². The highest BCUT2D eigenvalue weighted by Gasteiger charge is 2.09. The summed E-state index contributed by atoms with van der Waals surface area (Å²) in [5, 5.41) is 3.13. The molecule has 0 aromatic heterocycles. The number of ether oxygens (including phenoxy) is 1. The lowest BCUT2D eigenvalue weighted by Gasteiger charge is -2.10. The molecule has 0 amide bonds. The summed E-state index contributed by atoms with van der Waals surface area (Å²) in [6, 6.07) is 3.63. The molecule has 0 aliphatic carbocycles. The van der Waals surface area contributed by atoms with Crippen molar-refractivity contribution in [3.63, 3.8) is 0 Å². The van der Waals surface area contributed by atoms with Crippen LogP contribution in [-0.4, -0.2) is 19.7 Å². The monoisotopic (exact) mass is 241 g/mol. The van der Waals surface area contributed by atoms with E-state index in [0.29, 0.717) is 6.54 Å². The molecule has 1 N–H and O–H groups in total. The summed E-state index contributed by atoms with van der Waals surface area (Å²) in [7, 11) is 0. The molecule has 0 spiro atoms. The molecular formula is C13H17F2NO. The van der Waals surface area contributed by atoms with E-state index in [1.165, 1.54) is 6.07 Å². The van der Waals surface area contributed by atoms with Crippen LogP contribution >= 0.6 is 0 Å². The van der Waals surface area contributed by atoms with Crippen LogP contribution in [0.3, 0.4) is 0 Å². The summed E-state index contributed by atoms with van der Waals surface area (Å²) in [4.78, 5) is 0. The second-order valence-electron chi connectivity index (χ2n) is 3.77.